The van der Waals surface area contributed by atoms with Crippen molar-refractivity contribution in [1.82, 2.24) is 0 Å². The third kappa shape index (κ3) is 51.1. The van der Waals surface area contributed by atoms with Gasteiger partial charge in [0, 0.05) is 25.2 Å². The average Bonchev–Trinajstić information content (AvgIpc) is 3.30. The van der Waals surface area contributed by atoms with Gasteiger partial charge in [0.2, 0.25) is 0 Å². The second-order valence-corrected chi connectivity index (χ2v) is 20.9. The first kappa shape index (κ1) is 62.9. The van der Waals surface area contributed by atoms with Crippen LogP contribution >= 0.6 is 0 Å². The molecule has 0 unspecified atom stereocenters. The predicted octanol–water partition coefficient (Wildman–Crippen LogP) is 21.2. The van der Waals surface area contributed by atoms with Gasteiger partial charge >= 0.3 is 0 Å². The minimum absolute atomic E-state index is 0.0147. The second kappa shape index (κ2) is 56.2. The molecule has 0 N–H and O–H groups in total. The Hall–Kier alpha value is -0.120. The van der Waals surface area contributed by atoms with Gasteiger partial charge < -0.3 is 14.2 Å². The van der Waals surface area contributed by atoms with E-state index < -0.39 is 0 Å². The molecular weight excluding hydrogens is 769 g/mol. The Bertz CT molecular complexity index is 686. The van der Waals surface area contributed by atoms with Crippen LogP contribution in [0.1, 0.15) is 342 Å². The fraction of sp³-hybridized carbons (Fsp3) is 1.00. The van der Waals surface area contributed by atoms with Gasteiger partial charge in [0.15, 0.2) is 0 Å². The maximum atomic E-state index is 6.42. The van der Waals surface area contributed by atoms with Gasteiger partial charge in [0.05, 0.1) is 19.8 Å². The van der Waals surface area contributed by atoms with Crippen molar-refractivity contribution < 1.29 is 14.2 Å². The summed E-state index contributed by atoms with van der Waals surface area (Å²) >= 11 is 0. The molecule has 0 spiro atoms. The lowest BCUT2D eigenvalue weighted by Crippen LogP contribution is -2.37. The van der Waals surface area contributed by atoms with Gasteiger partial charge in [-0.25, -0.2) is 0 Å². The molecule has 0 saturated heterocycles. The molecule has 0 aliphatic heterocycles. The smallest absolute Gasteiger partial charge is 0.0566 e. The fourth-order valence-corrected chi connectivity index (χ4v) is 9.55. The molecule has 0 aromatic carbocycles. The first-order valence-electron chi connectivity index (χ1n) is 30.0. The van der Waals surface area contributed by atoms with E-state index in [1.807, 2.05) is 0 Å². The first-order chi connectivity index (χ1) is 31.2. The number of unbranched alkanes of at least 4 members (excludes halogenated alkanes) is 45. The van der Waals surface area contributed by atoms with E-state index >= 15 is 0 Å². The van der Waals surface area contributed by atoms with Crippen molar-refractivity contribution in [3.63, 3.8) is 0 Å². The second-order valence-electron chi connectivity index (χ2n) is 20.9. The van der Waals surface area contributed by atoms with Crippen molar-refractivity contribution in [2.24, 2.45) is 5.41 Å². The largest absolute Gasteiger partial charge is 0.381 e. The highest BCUT2D eigenvalue weighted by atomic mass is 16.5. The molecule has 0 rings (SSSR count). The molecule has 0 aromatic rings. The molecule has 3 nitrogen and oxygen atoms in total. The van der Waals surface area contributed by atoms with Gasteiger partial charge in [-0.3, -0.25) is 0 Å². The molecule has 0 radical (unpaired) electrons. The normalized spacial score (nSPS) is 12.0. The molecule has 3 heteroatoms. The fourth-order valence-electron chi connectivity index (χ4n) is 9.55. The summed E-state index contributed by atoms with van der Waals surface area (Å²) in [4.78, 5) is 0. The standard InChI is InChI=1S/C60H122O3/c1-5-9-12-15-18-21-24-27-30-33-36-39-42-45-48-51-54-61-57-60(8-4,58-62-55-52-49-46-43-40-37-34-31-28-25-22-19-16-13-10-6-2)59-63-56-53-50-47-44-41-38-35-32-29-26-23-20-17-14-11-7-3/h5-59H2,1-4H3. The molecule has 0 aliphatic rings. The van der Waals surface area contributed by atoms with Crippen LogP contribution < -0.4 is 0 Å². The lowest BCUT2D eigenvalue weighted by Gasteiger charge is -2.32. The lowest BCUT2D eigenvalue weighted by molar-refractivity contribution is -0.0728. The number of hydrogen-bond acceptors (Lipinski definition) is 3. The average molecular weight is 892 g/mol. The zero-order valence-electron chi connectivity index (χ0n) is 44.6. The van der Waals surface area contributed by atoms with Gasteiger partial charge in [-0.1, -0.05) is 317 Å². The minimum atomic E-state index is -0.0147. The number of hydrogen-bond donors (Lipinski definition) is 0. The molecule has 0 fully saturated rings. The van der Waals surface area contributed by atoms with E-state index in [1.165, 1.54) is 308 Å². The van der Waals surface area contributed by atoms with E-state index in [9.17, 15) is 0 Å². The zero-order valence-corrected chi connectivity index (χ0v) is 44.6. The lowest BCUT2D eigenvalue weighted by atomic mass is 9.88. The van der Waals surface area contributed by atoms with Crippen LogP contribution in [-0.2, 0) is 14.2 Å². The van der Waals surface area contributed by atoms with E-state index in [0.717, 1.165) is 46.1 Å². The summed E-state index contributed by atoms with van der Waals surface area (Å²) < 4.78 is 19.3. The Kier molecular flexibility index (Phi) is 56.1. The number of ether oxygens (including phenoxy) is 3. The van der Waals surface area contributed by atoms with E-state index in [-0.39, 0.29) is 5.41 Å². The van der Waals surface area contributed by atoms with Gasteiger partial charge in [-0.2, -0.15) is 0 Å². The van der Waals surface area contributed by atoms with Crippen LogP contribution in [0.25, 0.3) is 0 Å². The Labute approximate surface area is 400 Å². The molecule has 0 bridgehead atoms. The van der Waals surface area contributed by atoms with E-state index in [0.29, 0.717) is 0 Å². The first-order valence-corrected chi connectivity index (χ1v) is 30.0. The van der Waals surface area contributed by atoms with E-state index in [1.54, 1.807) is 0 Å². The highest BCUT2D eigenvalue weighted by Gasteiger charge is 2.29. The van der Waals surface area contributed by atoms with E-state index in [4.69, 9.17) is 14.2 Å². The summed E-state index contributed by atoms with van der Waals surface area (Å²) in [5.74, 6) is 0. The highest BCUT2D eigenvalue weighted by Crippen LogP contribution is 2.25. The van der Waals surface area contributed by atoms with Crippen LogP contribution in [-0.4, -0.2) is 39.6 Å². The Morgan fingerprint density at radius 2 is 0.333 bits per heavy atom. The number of rotatable bonds is 58. The topological polar surface area (TPSA) is 27.7 Å². The van der Waals surface area contributed by atoms with Gasteiger partial charge in [-0.15, -0.1) is 0 Å². The molecule has 380 valence electrons. The molecule has 0 heterocycles. The zero-order chi connectivity index (χ0) is 45.5. The van der Waals surface area contributed by atoms with Crippen molar-refractivity contribution in [3.05, 3.63) is 0 Å². The molecule has 63 heavy (non-hydrogen) atoms. The summed E-state index contributed by atoms with van der Waals surface area (Å²) in [6, 6.07) is 0. The van der Waals surface area contributed by atoms with Crippen molar-refractivity contribution in [2.45, 2.75) is 342 Å². The van der Waals surface area contributed by atoms with Gasteiger partial charge in [0.1, 0.15) is 0 Å². The van der Waals surface area contributed by atoms with Crippen molar-refractivity contribution >= 4 is 0 Å². The highest BCUT2D eigenvalue weighted by molar-refractivity contribution is 4.78. The molecule has 0 aliphatic carbocycles. The molecular formula is C60H122O3. The Balaban J connectivity index is 4.19. The van der Waals surface area contributed by atoms with Crippen LogP contribution in [0.4, 0.5) is 0 Å². The molecule has 0 aromatic heterocycles. The van der Waals surface area contributed by atoms with Crippen molar-refractivity contribution in [1.29, 1.82) is 0 Å². The SMILES string of the molecule is CCCCCCCCCCCCCCCCCCOCC(CC)(COCCCCCCCCCCCCCCCCCC)COCCCCCCCCCCCCCCCCCC. The quantitative estimate of drug-likeness (QED) is 0.0570. The minimum Gasteiger partial charge on any atom is -0.381 e. The summed E-state index contributed by atoms with van der Waals surface area (Å²) in [5, 5.41) is 0. The van der Waals surface area contributed by atoms with Crippen molar-refractivity contribution in [2.75, 3.05) is 39.6 Å². The maximum Gasteiger partial charge on any atom is 0.0566 e. The van der Waals surface area contributed by atoms with Crippen LogP contribution in [0.3, 0.4) is 0 Å². The molecule has 0 amide bonds. The summed E-state index contributed by atoms with van der Waals surface area (Å²) in [6.07, 6.45) is 68.7. The van der Waals surface area contributed by atoms with Crippen LogP contribution in [0.5, 0.6) is 0 Å². The van der Waals surface area contributed by atoms with Gasteiger partial charge in [0.25, 0.3) is 0 Å². The van der Waals surface area contributed by atoms with Crippen LogP contribution in [0.2, 0.25) is 0 Å². The summed E-state index contributed by atoms with van der Waals surface area (Å²) in [5.41, 5.74) is -0.0147. The summed E-state index contributed by atoms with van der Waals surface area (Å²) in [6.45, 7) is 14.3. The van der Waals surface area contributed by atoms with Crippen LogP contribution in [0.15, 0.2) is 0 Å². The third-order valence-electron chi connectivity index (χ3n) is 14.4. The molecule has 0 saturated carbocycles. The Morgan fingerprint density at radius 3 is 0.476 bits per heavy atom. The van der Waals surface area contributed by atoms with E-state index in [2.05, 4.69) is 27.7 Å². The molecule has 0 atom stereocenters. The Morgan fingerprint density at radius 1 is 0.190 bits per heavy atom. The maximum absolute atomic E-state index is 6.42. The van der Waals surface area contributed by atoms with Gasteiger partial charge in [-0.05, 0) is 25.7 Å². The third-order valence-corrected chi connectivity index (χ3v) is 14.4. The predicted molar refractivity (Wildman–Crippen MR) is 284 cm³/mol. The summed E-state index contributed by atoms with van der Waals surface area (Å²) in [7, 11) is 0. The van der Waals surface area contributed by atoms with Crippen LogP contribution in [0, 0.1) is 5.41 Å². The van der Waals surface area contributed by atoms with Crippen molar-refractivity contribution in [3.8, 4) is 0 Å². The monoisotopic (exact) mass is 891 g/mol.